The minimum atomic E-state index is 0.106. The molecule has 2 aromatic rings. The standard InChI is InChI=1S/C17H20BrN3OS/c18-14-3-1-4-15(11-14)21-8-6-20(7-9-21)13-17(22)19-12-16-5-2-10-23-16/h1-5,10-11H,6-9,12-13H2,(H,19,22). The first-order valence-electron chi connectivity index (χ1n) is 7.73. The highest BCUT2D eigenvalue weighted by molar-refractivity contribution is 9.10. The van der Waals surface area contributed by atoms with Crippen LogP contribution in [0.2, 0.25) is 0 Å². The summed E-state index contributed by atoms with van der Waals surface area (Å²) in [5.74, 6) is 0.106. The molecule has 1 fully saturated rings. The summed E-state index contributed by atoms with van der Waals surface area (Å²) >= 11 is 5.19. The summed E-state index contributed by atoms with van der Waals surface area (Å²) in [6, 6.07) is 12.4. The molecule has 1 aromatic carbocycles. The molecule has 0 atom stereocenters. The van der Waals surface area contributed by atoms with E-state index in [1.54, 1.807) is 11.3 Å². The summed E-state index contributed by atoms with van der Waals surface area (Å²) in [6.45, 7) is 4.85. The van der Waals surface area contributed by atoms with Crippen molar-refractivity contribution in [1.82, 2.24) is 10.2 Å². The highest BCUT2D eigenvalue weighted by Crippen LogP contribution is 2.21. The van der Waals surface area contributed by atoms with Crippen LogP contribution in [0.5, 0.6) is 0 Å². The van der Waals surface area contributed by atoms with Gasteiger partial charge in [0.15, 0.2) is 0 Å². The Bertz CT molecular complexity index is 639. The highest BCUT2D eigenvalue weighted by Gasteiger charge is 2.19. The predicted octanol–water partition coefficient (Wildman–Crippen LogP) is 2.95. The van der Waals surface area contributed by atoms with E-state index in [9.17, 15) is 4.79 Å². The molecule has 0 radical (unpaired) electrons. The number of nitrogens with one attached hydrogen (secondary N) is 1. The lowest BCUT2D eigenvalue weighted by molar-refractivity contribution is -0.122. The van der Waals surface area contributed by atoms with Gasteiger partial charge in [-0.15, -0.1) is 11.3 Å². The Morgan fingerprint density at radius 2 is 2.00 bits per heavy atom. The number of carbonyl (C=O) groups is 1. The molecule has 1 amide bonds. The van der Waals surface area contributed by atoms with E-state index in [-0.39, 0.29) is 5.91 Å². The summed E-state index contributed by atoms with van der Waals surface area (Å²) in [4.78, 5) is 17.8. The predicted molar refractivity (Wildman–Crippen MR) is 99.0 cm³/mol. The molecule has 1 aromatic heterocycles. The van der Waals surface area contributed by atoms with Crippen molar-refractivity contribution in [2.75, 3.05) is 37.6 Å². The number of thiophene rings is 1. The number of rotatable bonds is 5. The molecule has 1 aliphatic rings. The third-order valence-corrected chi connectivity index (χ3v) is 5.32. The second-order valence-electron chi connectivity index (χ2n) is 5.60. The average Bonchev–Trinajstić information content (AvgIpc) is 3.07. The van der Waals surface area contributed by atoms with Crippen molar-refractivity contribution in [2.45, 2.75) is 6.54 Å². The molecular weight excluding hydrogens is 374 g/mol. The molecule has 0 aliphatic carbocycles. The van der Waals surface area contributed by atoms with Crippen LogP contribution in [-0.4, -0.2) is 43.5 Å². The fraction of sp³-hybridized carbons (Fsp3) is 0.353. The first-order chi connectivity index (χ1) is 11.2. The van der Waals surface area contributed by atoms with Gasteiger partial charge in [0, 0.05) is 41.2 Å². The lowest BCUT2D eigenvalue weighted by Crippen LogP contribution is -2.49. The van der Waals surface area contributed by atoms with Crippen molar-refractivity contribution < 1.29 is 4.79 Å². The summed E-state index contributed by atoms with van der Waals surface area (Å²) in [7, 11) is 0. The molecule has 1 N–H and O–H groups in total. The normalized spacial score (nSPS) is 15.6. The molecule has 1 saturated heterocycles. The van der Waals surface area contributed by atoms with Gasteiger partial charge in [-0.3, -0.25) is 9.69 Å². The van der Waals surface area contributed by atoms with E-state index in [0.717, 1.165) is 30.7 Å². The van der Waals surface area contributed by atoms with E-state index >= 15 is 0 Å². The van der Waals surface area contributed by atoms with Crippen molar-refractivity contribution in [3.8, 4) is 0 Å². The molecule has 23 heavy (non-hydrogen) atoms. The van der Waals surface area contributed by atoms with Crippen LogP contribution in [0.15, 0.2) is 46.3 Å². The summed E-state index contributed by atoms with van der Waals surface area (Å²) in [5.41, 5.74) is 1.24. The quantitative estimate of drug-likeness (QED) is 0.847. The van der Waals surface area contributed by atoms with Gasteiger partial charge in [-0.2, -0.15) is 0 Å². The number of amides is 1. The number of carbonyl (C=O) groups excluding carboxylic acids is 1. The third-order valence-electron chi connectivity index (χ3n) is 3.95. The molecule has 4 nitrogen and oxygen atoms in total. The molecular formula is C17H20BrN3OS. The fourth-order valence-electron chi connectivity index (χ4n) is 2.69. The zero-order valence-corrected chi connectivity index (χ0v) is 15.3. The largest absolute Gasteiger partial charge is 0.369 e. The van der Waals surface area contributed by atoms with Crippen LogP contribution < -0.4 is 10.2 Å². The van der Waals surface area contributed by atoms with E-state index < -0.39 is 0 Å². The van der Waals surface area contributed by atoms with Gasteiger partial charge < -0.3 is 10.2 Å². The minimum absolute atomic E-state index is 0.106. The van der Waals surface area contributed by atoms with E-state index in [1.807, 2.05) is 23.6 Å². The number of halogens is 1. The lowest BCUT2D eigenvalue weighted by atomic mass is 10.2. The van der Waals surface area contributed by atoms with Gasteiger partial charge >= 0.3 is 0 Å². The Hall–Kier alpha value is -1.37. The van der Waals surface area contributed by atoms with Gasteiger partial charge in [-0.1, -0.05) is 28.1 Å². The maximum absolute atomic E-state index is 12.0. The number of benzene rings is 1. The molecule has 0 spiro atoms. The fourth-order valence-corrected chi connectivity index (χ4v) is 3.73. The van der Waals surface area contributed by atoms with E-state index in [1.165, 1.54) is 10.6 Å². The summed E-state index contributed by atoms with van der Waals surface area (Å²) < 4.78 is 1.10. The highest BCUT2D eigenvalue weighted by atomic mass is 79.9. The van der Waals surface area contributed by atoms with E-state index in [2.05, 4.69) is 49.2 Å². The van der Waals surface area contributed by atoms with Gasteiger partial charge in [0.25, 0.3) is 0 Å². The van der Waals surface area contributed by atoms with Crippen LogP contribution in [0.1, 0.15) is 4.88 Å². The molecule has 2 heterocycles. The first kappa shape index (κ1) is 16.5. The Balaban J connectivity index is 1.43. The second kappa shape index (κ2) is 7.95. The van der Waals surface area contributed by atoms with Crippen molar-refractivity contribution in [2.24, 2.45) is 0 Å². The molecule has 1 aliphatic heterocycles. The molecule has 122 valence electrons. The van der Waals surface area contributed by atoms with Crippen LogP contribution >= 0.6 is 27.3 Å². The Kier molecular flexibility index (Phi) is 5.70. The van der Waals surface area contributed by atoms with Gasteiger partial charge in [0.1, 0.15) is 0 Å². The van der Waals surface area contributed by atoms with Crippen LogP contribution in [0.25, 0.3) is 0 Å². The van der Waals surface area contributed by atoms with Crippen LogP contribution in [0.4, 0.5) is 5.69 Å². The van der Waals surface area contributed by atoms with E-state index in [0.29, 0.717) is 13.1 Å². The Labute approximate surface area is 149 Å². The smallest absolute Gasteiger partial charge is 0.234 e. The van der Waals surface area contributed by atoms with Crippen molar-refractivity contribution in [3.63, 3.8) is 0 Å². The zero-order chi connectivity index (χ0) is 16.1. The minimum Gasteiger partial charge on any atom is -0.369 e. The number of hydrogen-bond acceptors (Lipinski definition) is 4. The number of nitrogens with zero attached hydrogens (tertiary/aromatic N) is 2. The summed E-state index contributed by atoms with van der Waals surface area (Å²) in [5, 5.41) is 5.02. The van der Waals surface area contributed by atoms with E-state index in [4.69, 9.17) is 0 Å². The van der Waals surface area contributed by atoms with Crippen molar-refractivity contribution >= 4 is 38.9 Å². The third kappa shape index (κ3) is 4.80. The maximum atomic E-state index is 12.0. The van der Waals surface area contributed by atoms with Gasteiger partial charge in [0.2, 0.25) is 5.91 Å². The average molecular weight is 394 g/mol. The molecule has 0 bridgehead atoms. The first-order valence-corrected chi connectivity index (χ1v) is 9.40. The number of anilines is 1. The SMILES string of the molecule is O=C(CN1CCN(c2cccc(Br)c2)CC1)NCc1cccs1. The van der Waals surface area contributed by atoms with Crippen LogP contribution in [-0.2, 0) is 11.3 Å². The van der Waals surface area contributed by atoms with Crippen LogP contribution in [0, 0.1) is 0 Å². The lowest BCUT2D eigenvalue weighted by Gasteiger charge is -2.35. The molecule has 0 saturated carbocycles. The molecule has 3 rings (SSSR count). The maximum Gasteiger partial charge on any atom is 0.234 e. The Morgan fingerprint density at radius 1 is 1.17 bits per heavy atom. The molecule has 0 unspecified atom stereocenters. The van der Waals surface area contributed by atoms with Gasteiger partial charge in [0.05, 0.1) is 13.1 Å². The van der Waals surface area contributed by atoms with Crippen molar-refractivity contribution in [1.29, 1.82) is 0 Å². The van der Waals surface area contributed by atoms with Crippen molar-refractivity contribution in [3.05, 3.63) is 51.1 Å². The van der Waals surface area contributed by atoms with Gasteiger partial charge in [-0.25, -0.2) is 0 Å². The monoisotopic (exact) mass is 393 g/mol. The zero-order valence-electron chi connectivity index (χ0n) is 12.9. The number of piperazine rings is 1. The van der Waals surface area contributed by atoms with Gasteiger partial charge in [-0.05, 0) is 29.6 Å². The second-order valence-corrected chi connectivity index (χ2v) is 7.55. The summed E-state index contributed by atoms with van der Waals surface area (Å²) in [6.07, 6.45) is 0. The molecule has 6 heteroatoms. The topological polar surface area (TPSA) is 35.6 Å². The van der Waals surface area contributed by atoms with Crippen LogP contribution in [0.3, 0.4) is 0 Å². The number of hydrogen-bond donors (Lipinski definition) is 1. The Morgan fingerprint density at radius 3 is 2.70 bits per heavy atom.